The summed E-state index contributed by atoms with van der Waals surface area (Å²) in [5.74, 6) is 1.16. The molecule has 1 amide bonds. The number of benzene rings is 1. The zero-order valence-corrected chi connectivity index (χ0v) is 16.9. The number of thiophene rings is 1. The maximum absolute atomic E-state index is 13.0. The van der Waals surface area contributed by atoms with Crippen molar-refractivity contribution in [2.24, 2.45) is 0 Å². The molecular weight excluding hydrogens is 392 g/mol. The van der Waals surface area contributed by atoms with Crippen LogP contribution < -0.4 is 20.3 Å². The molecule has 0 fully saturated rings. The molecule has 0 spiro atoms. The summed E-state index contributed by atoms with van der Waals surface area (Å²) < 4.78 is 12.3. The van der Waals surface area contributed by atoms with Crippen LogP contribution in [-0.4, -0.2) is 34.7 Å². The van der Waals surface area contributed by atoms with E-state index in [0.29, 0.717) is 33.2 Å². The van der Waals surface area contributed by atoms with Gasteiger partial charge in [-0.15, -0.1) is 11.3 Å². The average molecular weight is 410 g/mol. The topological polar surface area (TPSA) is 95.3 Å². The maximum atomic E-state index is 13.0. The van der Waals surface area contributed by atoms with Gasteiger partial charge in [0.2, 0.25) is 5.91 Å². The van der Waals surface area contributed by atoms with E-state index < -0.39 is 0 Å². The second-order valence-corrected chi connectivity index (χ2v) is 7.30. The van der Waals surface area contributed by atoms with E-state index in [0.717, 1.165) is 10.2 Å². The normalized spacial score (nSPS) is 11.0. The third kappa shape index (κ3) is 3.40. The van der Waals surface area contributed by atoms with Crippen LogP contribution in [0.25, 0.3) is 20.4 Å². The molecule has 0 bridgehead atoms. The number of pyridine rings is 1. The number of fused-ring (bicyclic) bond motifs is 3. The lowest BCUT2D eigenvalue weighted by atomic mass is 10.2. The molecule has 148 valence electrons. The summed E-state index contributed by atoms with van der Waals surface area (Å²) in [5.41, 5.74) is 0.817. The second-order valence-electron chi connectivity index (χ2n) is 6.30. The van der Waals surface area contributed by atoms with Crippen LogP contribution in [0.4, 0.5) is 5.69 Å². The van der Waals surface area contributed by atoms with Gasteiger partial charge < -0.3 is 14.8 Å². The van der Waals surface area contributed by atoms with Gasteiger partial charge in [0, 0.05) is 17.6 Å². The molecule has 9 heteroatoms. The molecule has 0 unspecified atom stereocenters. The van der Waals surface area contributed by atoms with Crippen molar-refractivity contribution in [3.63, 3.8) is 0 Å². The van der Waals surface area contributed by atoms with Crippen LogP contribution >= 0.6 is 11.3 Å². The van der Waals surface area contributed by atoms with Crippen LogP contribution in [0.15, 0.2) is 41.3 Å². The monoisotopic (exact) mass is 410 g/mol. The van der Waals surface area contributed by atoms with Crippen molar-refractivity contribution < 1.29 is 14.3 Å². The number of hydrogen-bond donors (Lipinski definition) is 1. The first-order chi connectivity index (χ1) is 14.0. The molecule has 29 heavy (non-hydrogen) atoms. The molecule has 0 aliphatic carbocycles. The number of carbonyl (C=O) groups is 1. The number of amides is 1. The van der Waals surface area contributed by atoms with Gasteiger partial charge in [-0.1, -0.05) is 0 Å². The van der Waals surface area contributed by atoms with E-state index in [4.69, 9.17) is 9.47 Å². The van der Waals surface area contributed by atoms with E-state index in [-0.39, 0.29) is 18.0 Å². The number of hydrogen-bond acceptors (Lipinski definition) is 7. The fraction of sp³-hybridized carbons (Fsp3) is 0.200. The van der Waals surface area contributed by atoms with Gasteiger partial charge >= 0.3 is 0 Å². The van der Waals surface area contributed by atoms with Crippen molar-refractivity contribution >= 4 is 43.4 Å². The Bertz CT molecular complexity index is 1300. The van der Waals surface area contributed by atoms with Crippen molar-refractivity contribution in [3.8, 4) is 11.5 Å². The Labute approximate surface area is 169 Å². The third-order valence-electron chi connectivity index (χ3n) is 4.53. The molecule has 1 N–H and O–H groups in total. The van der Waals surface area contributed by atoms with Crippen LogP contribution in [0.1, 0.15) is 5.82 Å². The van der Waals surface area contributed by atoms with E-state index in [9.17, 15) is 9.59 Å². The summed E-state index contributed by atoms with van der Waals surface area (Å²) in [4.78, 5) is 35.3. The summed E-state index contributed by atoms with van der Waals surface area (Å²) in [6.45, 7) is 1.54. The van der Waals surface area contributed by atoms with Gasteiger partial charge in [-0.2, -0.15) is 0 Å². The number of nitrogens with zero attached hydrogens (tertiary/aromatic N) is 3. The molecule has 1 aromatic carbocycles. The lowest BCUT2D eigenvalue weighted by molar-refractivity contribution is -0.116. The van der Waals surface area contributed by atoms with E-state index >= 15 is 0 Å². The highest BCUT2D eigenvalue weighted by Gasteiger charge is 2.17. The standard InChI is InChI=1S/C20H18N4O4S/c1-11-22-17-13-5-4-8-21-19(13)29-18(17)20(26)24(11)10-16(25)23-14-9-12(27-2)6-7-15(14)28-3/h4-9H,10H2,1-3H3,(H,23,25). The number of ether oxygens (including phenoxy) is 2. The predicted octanol–water partition coefficient (Wildman–Crippen LogP) is 2.97. The average Bonchev–Trinajstić information content (AvgIpc) is 3.10. The molecule has 0 atom stereocenters. The summed E-state index contributed by atoms with van der Waals surface area (Å²) in [6, 6.07) is 8.79. The molecule has 0 aliphatic heterocycles. The summed E-state index contributed by atoms with van der Waals surface area (Å²) in [7, 11) is 3.05. The van der Waals surface area contributed by atoms with E-state index in [2.05, 4.69) is 15.3 Å². The zero-order chi connectivity index (χ0) is 20.5. The predicted molar refractivity (Wildman–Crippen MR) is 112 cm³/mol. The molecule has 3 heterocycles. The zero-order valence-electron chi connectivity index (χ0n) is 16.1. The largest absolute Gasteiger partial charge is 0.497 e. The first-order valence-electron chi connectivity index (χ1n) is 8.78. The van der Waals surface area contributed by atoms with E-state index in [1.165, 1.54) is 30.1 Å². The van der Waals surface area contributed by atoms with Crippen LogP contribution in [0.2, 0.25) is 0 Å². The van der Waals surface area contributed by atoms with Gasteiger partial charge in [-0.05, 0) is 31.2 Å². The van der Waals surface area contributed by atoms with Crippen LogP contribution in [0.3, 0.4) is 0 Å². The van der Waals surface area contributed by atoms with Gasteiger partial charge in [0.15, 0.2) is 0 Å². The minimum atomic E-state index is -0.373. The molecule has 8 nitrogen and oxygen atoms in total. The number of aromatic nitrogens is 3. The van der Waals surface area contributed by atoms with E-state index in [1.54, 1.807) is 31.3 Å². The summed E-state index contributed by atoms with van der Waals surface area (Å²) in [5, 5.41) is 3.61. The van der Waals surface area contributed by atoms with Gasteiger partial charge in [0.05, 0.1) is 25.4 Å². The fourth-order valence-electron chi connectivity index (χ4n) is 3.10. The Kier molecular flexibility index (Phi) is 4.89. The Hall–Kier alpha value is -3.46. The van der Waals surface area contributed by atoms with Crippen molar-refractivity contribution in [1.82, 2.24) is 14.5 Å². The Balaban J connectivity index is 1.68. The van der Waals surface area contributed by atoms with Gasteiger partial charge in [0.25, 0.3) is 5.56 Å². The minimum absolute atomic E-state index is 0.171. The molecule has 0 radical (unpaired) electrons. The number of rotatable bonds is 5. The second kappa shape index (κ2) is 7.51. The smallest absolute Gasteiger partial charge is 0.272 e. The highest BCUT2D eigenvalue weighted by molar-refractivity contribution is 7.25. The molecule has 4 rings (SSSR count). The Morgan fingerprint density at radius 2 is 2.07 bits per heavy atom. The molecule has 0 saturated carbocycles. The van der Waals surface area contributed by atoms with Crippen molar-refractivity contribution in [2.75, 3.05) is 19.5 Å². The molecule has 3 aromatic heterocycles. The quantitative estimate of drug-likeness (QED) is 0.544. The highest BCUT2D eigenvalue weighted by Crippen LogP contribution is 2.30. The molecule has 0 aliphatic rings. The summed E-state index contributed by atoms with van der Waals surface area (Å²) in [6.07, 6.45) is 1.68. The highest BCUT2D eigenvalue weighted by atomic mass is 32.1. The van der Waals surface area contributed by atoms with Crippen molar-refractivity contribution in [3.05, 3.63) is 52.7 Å². The molecular formula is C20H18N4O4S. The number of carbonyl (C=O) groups excluding carboxylic acids is 1. The number of nitrogens with one attached hydrogen (secondary N) is 1. The first kappa shape index (κ1) is 18.9. The lowest BCUT2D eigenvalue weighted by Gasteiger charge is -2.13. The van der Waals surface area contributed by atoms with Crippen molar-refractivity contribution in [1.29, 1.82) is 0 Å². The first-order valence-corrected chi connectivity index (χ1v) is 9.60. The number of anilines is 1. The Morgan fingerprint density at radius 1 is 1.24 bits per heavy atom. The van der Waals surface area contributed by atoms with Gasteiger partial charge in [-0.25, -0.2) is 9.97 Å². The van der Waals surface area contributed by atoms with Crippen LogP contribution in [-0.2, 0) is 11.3 Å². The number of aryl methyl sites for hydroxylation is 1. The van der Waals surface area contributed by atoms with Gasteiger partial charge in [0.1, 0.15) is 33.4 Å². The maximum Gasteiger partial charge on any atom is 0.272 e. The van der Waals surface area contributed by atoms with Gasteiger partial charge in [-0.3, -0.25) is 14.2 Å². The Morgan fingerprint density at radius 3 is 2.83 bits per heavy atom. The SMILES string of the molecule is COc1ccc(OC)c(NC(=O)Cn2c(C)nc3c(sc4ncccc43)c2=O)c1. The summed E-state index contributed by atoms with van der Waals surface area (Å²) >= 11 is 1.28. The van der Waals surface area contributed by atoms with Crippen LogP contribution in [0.5, 0.6) is 11.5 Å². The van der Waals surface area contributed by atoms with Crippen molar-refractivity contribution in [2.45, 2.75) is 13.5 Å². The molecule has 4 aromatic rings. The molecule has 0 saturated heterocycles. The fourth-order valence-corrected chi connectivity index (χ4v) is 4.13. The third-order valence-corrected chi connectivity index (χ3v) is 5.62. The number of methoxy groups -OCH3 is 2. The van der Waals surface area contributed by atoms with E-state index in [1.807, 2.05) is 12.1 Å². The van der Waals surface area contributed by atoms with Crippen LogP contribution in [0, 0.1) is 6.92 Å². The minimum Gasteiger partial charge on any atom is -0.497 e. The lowest BCUT2D eigenvalue weighted by Crippen LogP contribution is -2.29.